The van der Waals surface area contributed by atoms with E-state index in [1.54, 1.807) is 13.2 Å². The molecule has 0 unspecified atom stereocenters. The van der Waals surface area contributed by atoms with E-state index in [9.17, 15) is 0 Å². The van der Waals surface area contributed by atoms with Crippen LogP contribution in [-0.2, 0) is 11.3 Å². The van der Waals surface area contributed by atoms with E-state index in [1.807, 2.05) is 38.1 Å². The quantitative estimate of drug-likeness (QED) is 0.689. The van der Waals surface area contributed by atoms with Crippen molar-refractivity contribution in [2.24, 2.45) is 0 Å². The highest BCUT2D eigenvalue weighted by molar-refractivity contribution is 5.26. The predicted octanol–water partition coefficient (Wildman–Crippen LogP) is 3.18. The Morgan fingerprint density at radius 3 is 2.33 bits per heavy atom. The first-order chi connectivity index (χ1) is 7.07. The molecule has 15 heavy (non-hydrogen) atoms. The normalized spacial score (nSPS) is 11.1. The Labute approximate surface area is 91.5 Å². The molecule has 0 spiro atoms. The number of ether oxygens (including phenoxy) is 2. The minimum atomic E-state index is -0.278. The highest BCUT2D eigenvalue weighted by Crippen LogP contribution is 2.16. The largest absolute Gasteiger partial charge is 0.497 e. The third kappa shape index (κ3) is 3.76. The van der Waals surface area contributed by atoms with Crippen molar-refractivity contribution in [1.82, 2.24) is 0 Å². The van der Waals surface area contributed by atoms with Gasteiger partial charge in [-0.25, -0.2) is 0 Å². The topological polar surface area (TPSA) is 18.5 Å². The van der Waals surface area contributed by atoms with Gasteiger partial charge in [-0.3, -0.25) is 0 Å². The average molecular weight is 206 g/mol. The van der Waals surface area contributed by atoms with Crippen LogP contribution < -0.4 is 4.74 Å². The number of hydrogen-bond donors (Lipinski definition) is 0. The molecule has 0 fully saturated rings. The molecule has 82 valence electrons. The van der Waals surface area contributed by atoms with Crippen molar-refractivity contribution in [1.29, 1.82) is 0 Å². The lowest BCUT2D eigenvalue weighted by Crippen LogP contribution is -2.20. The standard InChI is InChI=1S/C13H18O2/c1-5-13(2,3)15-10-11-6-8-12(14-4)9-7-11/h5-9H,1,10H2,2-4H3. The molecule has 0 N–H and O–H groups in total. The molecule has 0 heterocycles. The molecular formula is C13H18O2. The van der Waals surface area contributed by atoms with Gasteiger partial charge in [0.2, 0.25) is 0 Å². The van der Waals surface area contributed by atoms with Crippen LogP contribution in [0.4, 0.5) is 0 Å². The van der Waals surface area contributed by atoms with Gasteiger partial charge in [-0.15, -0.1) is 6.58 Å². The summed E-state index contributed by atoms with van der Waals surface area (Å²) >= 11 is 0. The smallest absolute Gasteiger partial charge is 0.118 e. The molecule has 0 saturated heterocycles. The van der Waals surface area contributed by atoms with Crippen molar-refractivity contribution >= 4 is 0 Å². The molecule has 0 aliphatic heterocycles. The first-order valence-electron chi connectivity index (χ1n) is 4.98. The van der Waals surface area contributed by atoms with Crippen LogP contribution in [0.25, 0.3) is 0 Å². The minimum Gasteiger partial charge on any atom is -0.497 e. The van der Waals surface area contributed by atoms with Crippen LogP contribution in [0.2, 0.25) is 0 Å². The minimum absolute atomic E-state index is 0.278. The second-order valence-electron chi connectivity index (χ2n) is 3.94. The van der Waals surface area contributed by atoms with Gasteiger partial charge < -0.3 is 9.47 Å². The Morgan fingerprint density at radius 2 is 1.87 bits per heavy atom. The molecule has 0 radical (unpaired) electrons. The van der Waals surface area contributed by atoms with Crippen molar-refractivity contribution in [2.75, 3.05) is 7.11 Å². The van der Waals surface area contributed by atoms with Crippen LogP contribution in [0.15, 0.2) is 36.9 Å². The van der Waals surface area contributed by atoms with Crippen molar-refractivity contribution in [3.63, 3.8) is 0 Å². The predicted molar refractivity (Wildman–Crippen MR) is 62.1 cm³/mol. The van der Waals surface area contributed by atoms with E-state index >= 15 is 0 Å². The van der Waals surface area contributed by atoms with Crippen LogP contribution in [-0.4, -0.2) is 12.7 Å². The average Bonchev–Trinajstić information content (AvgIpc) is 2.27. The van der Waals surface area contributed by atoms with Crippen LogP contribution >= 0.6 is 0 Å². The van der Waals surface area contributed by atoms with Crippen LogP contribution in [0.1, 0.15) is 19.4 Å². The van der Waals surface area contributed by atoms with Gasteiger partial charge in [-0.1, -0.05) is 18.2 Å². The summed E-state index contributed by atoms with van der Waals surface area (Å²) in [6.07, 6.45) is 1.80. The van der Waals surface area contributed by atoms with E-state index in [2.05, 4.69) is 6.58 Å². The Morgan fingerprint density at radius 1 is 1.27 bits per heavy atom. The van der Waals surface area contributed by atoms with E-state index < -0.39 is 0 Å². The number of rotatable bonds is 5. The highest BCUT2D eigenvalue weighted by Gasteiger charge is 2.12. The third-order valence-corrected chi connectivity index (χ3v) is 2.26. The molecule has 0 bridgehead atoms. The molecule has 0 aliphatic carbocycles. The maximum Gasteiger partial charge on any atom is 0.118 e. The van der Waals surface area contributed by atoms with Gasteiger partial charge in [0, 0.05) is 0 Å². The third-order valence-electron chi connectivity index (χ3n) is 2.26. The second-order valence-corrected chi connectivity index (χ2v) is 3.94. The Balaban J connectivity index is 2.54. The molecule has 2 nitrogen and oxygen atoms in total. The first kappa shape index (κ1) is 11.8. The molecule has 1 aromatic rings. The lowest BCUT2D eigenvalue weighted by atomic mass is 10.1. The molecular weight excluding hydrogens is 188 g/mol. The van der Waals surface area contributed by atoms with Crippen molar-refractivity contribution in [2.45, 2.75) is 26.1 Å². The van der Waals surface area contributed by atoms with E-state index in [1.165, 1.54) is 0 Å². The van der Waals surface area contributed by atoms with Crippen molar-refractivity contribution < 1.29 is 9.47 Å². The van der Waals surface area contributed by atoms with Crippen LogP contribution in [0.3, 0.4) is 0 Å². The Kier molecular flexibility index (Phi) is 3.92. The maximum atomic E-state index is 5.68. The first-order valence-corrected chi connectivity index (χ1v) is 4.98. The zero-order valence-corrected chi connectivity index (χ0v) is 9.62. The van der Waals surface area contributed by atoms with Crippen LogP contribution in [0.5, 0.6) is 5.75 Å². The van der Waals surface area contributed by atoms with Gasteiger partial charge in [0.05, 0.1) is 19.3 Å². The summed E-state index contributed by atoms with van der Waals surface area (Å²) in [4.78, 5) is 0. The summed E-state index contributed by atoms with van der Waals surface area (Å²) in [7, 11) is 1.66. The molecule has 0 amide bonds. The monoisotopic (exact) mass is 206 g/mol. The lowest BCUT2D eigenvalue weighted by Gasteiger charge is -2.20. The summed E-state index contributed by atoms with van der Waals surface area (Å²) < 4.78 is 10.8. The molecule has 0 aliphatic rings. The van der Waals surface area contributed by atoms with Gasteiger partial charge >= 0.3 is 0 Å². The van der Waals surface area contributed by atoms with Crippen LogP contribution in [0, 0.1) is 0 Å². The van der Waals surface area contributed by atoms with Gasteiger partial charge in [-0.2, -0.15) is 0 Å². The van der Waals surface area contributed by atoms with E-state index in [0.29, 0.717) is 6.61 Å². The molecule has 0 saturated carbocycles. The Hall–Kier alpha value is -1.28. The summed E-state index contributed by atoms with van der Waals surface area (Å²) in [5, 5.41) is 0. The maximum absolute atomic E-state index is 5.68. The van der Waals surface area contributed by atoms with Gasteiger partial charge in [0.1, 0.15) is 5.75 Å². The molecule has 0 aromatic heterocycles. The second kappa shape index (κ2) is 4.99. The fraction of sp³-hybridized carbons (Fsp3) is 0.385. The summed E-state index contributed by atoms with van der Waals surface area (Å²) in [6.45, 7) is 8.29. The van der Waals surface area contributed by atoms with E-state index in [0.717, 1.165) is 11.3 Å². The van der Waals surface area contributed by atoms with E-state index in [4.69, 9.17) is 9.47 Å². The van der Waals surface area contributed by atoms with Crippen molar-refractivity contribution in [3.05, 3.63) is 42.5 Å². The summed E-state index contributed by atoms with van der Waals surface area (Å²) in [5.41, 5.74) is 0.852. The number of hydrogen-bond acceptors (Lipinski definition) is 2. The molecule has 2 heteroatoms. The highest BCUT2D eigenvalue weighted by atomic mass is 16.5. The molecule has 0 atom stereocenters. The summed E-state index contributed by atoms with van der Waals surface area (Å²) in [6, 6.07) is 7.86. The van der Waals surface area contributed by atoms with Crippen molar-refractivity contribution in [3.8, 4) is 5.75 Å². The van der Waals surface area contributed by atoms with Gasteiger partial charge in [0.15, 0.2) is 0 Å². The molecule has 1 rings (SSSR count). The number of benzene rings is 1. The summed E-state index contributed by atoms with van der Waals surface area (Å²) in [5.74, 6) is 0.863. The number of methoxy groups -OCH3 is 1. The zero-order valence-electron chi connectivity index (χ0n) is 9.62. The Bertz CT molecular complexity index is 312. The fourth-order valence-corrected chi connectivity index (χ4v) is 1.05. The van der Waals surface area contributed by atoms with Gasteiger partial charge in [-0.05, 0) is 31.5 Å². The zero-order chi connectivity index (χ0) is 11.3. The fourth-order valence-electron chi connectivity index (χ4n) is 1.05. The van der Waals surface area contributed by atoms with Gasteiger partial charge in [0.25, 0.3) is 0 Å². The van der Waals surface area contributed by atoms with E-state index in [-0.39, 0.29) is 5.60 Å². The molecule has 1 aromatic carbocycles. The SMILES string of the molecule is C=CC(C)(C)OCc1ccc(OC)cc1. The lowest BCUT2D eigenvalue weighted by molar-refractivity contribution is 0.00738.